The molecule has 0 unspecified atom stereocenters. The molecule has 5 heteroatoms. The van der Waals surface area contributed by atoms with E-state index in [0.717, 1.165) is 11.3 Å². The number of hydrogen-bond donors (Lipinski definition) is 0. The van der Waals surface area contributed by atoms with E-state index < -0.39 is 23.5 Å². The normalized spacial score (nSPS) is 15.4. The Hall–Kier alpha value is -2.04. The number of carbonyl (C=O) groups is 2. The zero-order valence-corrected chi connectivity index (χ0v) is 15.5. The molecule has 1 atom stereocenters. The minimum atomic E-state index is -0.592. The third kappa shape index (κ3) is 6.77. The first-order valence-electron chi connectivity index (χ1n) is 8.79. The number of rotatable bonds is 8. The van der Waals surface area contributed by atoms with Crippen molar-refractivity contribution in [1.82, 2.24) is 0 Å². The van der Waals surface area contributed by atoms with Crippen LogP contribution in [0.4, 0.5) is 0 Å². The highest BCUT2D eigenvalue weighted by Gasteiger charge is 2.28. The molecule has 0 spiro atoms. The van der Waals surface area contributed by atoms with Crippen LogP contribution >= 0.6 is 0 Å². The summed E-state index contributed by atoms with van der Waals surface area (Å²) in [5.41, 5.74) is 0.324. The lowest BCUT2D eigenvalue weighted by molar-refractivity contribution is -0.160. The molecular weight excluding hydrogens is 320 g/mol. The molecule has 0 saturated heterocycles. The first kappa shape index (κ1) is 19.3. The molecule has 2 rings (SSSR count). The molecule has 0 bridgehead atoms. The van der Waals surface area contributed by atoms with E-state index in [9.17, 15) is 9.59 Å². The molecule has 1 aromatic rings. The summed E-state index contributed by atoms with van der Waals surface area (Å²) in [6.07, 6.45) is 2.80. The van der Waals surface area contributed by atoms with Crippen LogP contribution in [0.25, 0.3) is 0 Å². The van der Waals surface area contributed by atoms with Crippen LogP contribution in [0.2, 0.25) is 0 Å². The molecule has 25 heavy (non-hydrogen) atoms. The Morgan fingerprint density at radius 3 is 2.48 bits per heavy atom. The van der Waals surface area contributed by atoms with Gasteiger partial charge in [-0.05, 0) is 57.6 Å². The second kappa shape index (κ2) is 8.37. The summed E-state index contributed by atoms with van der Waals surface area (Å²) in [5.74, 6) is 0.00590. The molecule has 138 valence electrons. The van der Waals surface area contributed by atoms with Crippen LogP contribution in [0.3, 0.4) is 0 Å². The van der Waals surface area contributed by atoms with Crippen molar-refractivity contribution in [2.45, 2.75) is 52.1 Å². The second-order valence-electron chi connectivity index (χ2n) is 7.58. The molecule has 1 aliphatic rings. The highest BCUT2D eigenvalue weighted by Crippen LogP contribution is 2.31. The van der Waals surface area contributed by atoms with Crippen molar-refractivity contribution < 1.29 is 23.8 Å². The average molecular weight is 348 g/mol. The molecule has 0 aromatic heterocycles. The van der Waals surface area contributed by atoms with Gasteiger partial charge in [-0.25, -0.2) is 0 Å². The maximum Gasteiger partial charge on any atom is 0.309 e. The topological polar surface area (TPSA) is 61.8 Å². The quantitative estimate of drug-likeness (QED) is 0.673. The zero-order valence-electron chi connectivity index (χ0n) is 15.5. The van der Waals surface area contributed by atoms with Crippen molar-refractivity contribution >= 4 is 11.9 Å². The fourth-order valence-electron chi connectivity index (χ4n) is 2.56. The van der Waals surface area contributed by atoms with Gasteiger partial charge in [0, 0.05) is 0 Å². The number of ether oxygens (including phenoxy) is 3. The maximum absolute atomic E-state index is 12.1. The first-order chi connectivity index (χ1) is 11.8. The molecule has 1 aromatic carbocycles. The Balaban J connectivity index is 2.05. The van der Waals surface area contributed by atoms with E-state index in [1.54, 1.807) is 20.8 Å². The monoisotopic (exact) mass is 348 g/mol. The lowest BCUT2D eigenvalue weighted by Gasteiger charge is -2.22. The van der Waals surface area contributed by atoms with Gasteiger partial charge in [0.15, 0.2) is 0 Å². The molecule has 0 aliphatic heterocycles. The predicted molar refractivity (Wildman–Crippen MR) is 94.3 cm³/mol. The molecule has 0 radical (unpaired) electrons. The minimum absolute atomic E-state index is 0.0130. The molecule has 1 aliphatic carbocycles. The smallest absolute Gasteiger partial charge is 0.309 e. The first-order valence-corrected chi connectivity index (χ1v) is 8.79. The van der Waals surface area contributed by atoms with Gasteiger partial charge in [-0.2, -0.15) is 0 Å². The molecule has 5 nitrogen and oxygen atoms in total. The number of benzene rings is 1. The zero-order chi connectivity index (χ0) is 18.4. The number of para-hydroxylation sites is 1. The van der Waals surface area contributed by atoms with Gasteiger partial charge < -0.3 is 14.2 Å². The standard InChI is InChI=1S/C20H28O5/c1-20(2,3)25-18(21)12-16(19(22)23-4)11-15-7-5-6-8-17(15)24-13-14-9-10-14/h5-8,14,16H,9-13H2,1-4H3/t16-/m0/s1. The molecule has 1 fully saturated rings. The summed E-state index contributed by atoms with van der Waals surface area (Å²) in [5, 5.41) is 0. The molecule has 0 amide bonds. The third-order valence-electron chi connectivity index (χ3n) is 3.98. The fourth-order valence-corrected chi connectivity index (χ4v) is 2.56. The number of methoxy groups -OCH3 is 1. The molecule has 0 N–H and O–H groups in total. The van der Waals surface area contributed by atoms with Gasteiger partial charge in [0.2, 0.25) is 0 Å². The Kier molecular flexibility index (Phi) is 6.45. The van der Waals surface area contributed by atoms with Crippen LogP contribution in [-0.2, 0) is 25.5 Å². The van der Waals surface area contributed by atoms with Crippen LogP contribution in [-0.4, -0.2) is 31.3 Å². The second-order valence-corrected chi connectivity index (χ2v) is 7.58. The Bertz CT molecular complexity index is 598. The fraction of sp³-hybridized carbons (Fsp3) is 0.600. The van der Waals surface area contributed by atoms with Crippen molar-refractivity contribution in [3.63, 3.8) is 0 Å². The van der Waals surface area contributed by atoms with E-state index in [4.69, 9.17) is 14.2 Å². The lowest BCUT2D eigenvalue weighted by Crippen LogP contribution is -2.28. The van der Waals surface area contributed by atoms with Crippen LogP contribution in [0, 0.1) is 11.8 Å². The summed E-state index contributed by atoms with van der Waals surface area (Å²) in [7, 11) is 1.33. The van der Waals surface area contributed by atoms with Crippen LogP contribution in [0.15, 0.2) is 24.3 Å². The minimum Gasteiger partial charge on any atom is -0.493 e. The summed E-state index contributed by atoms with van der Waals surface area (Å²) in [6, 6.07) is 7.64. The largest absolute Gasteiger partial charge is 0.493 e. The van der Waals surface area contributed by atoms with Crippen molar-refractivity contribution in [3.05, 3.63) is 29.8 Å². The third-order valence-corrected chi connectivity index (χ3v) is 3.98. The highest BCUT2D eigenvalue weighted by atomic mass is 16.6. The maximum atomic E-state index is 12.1. The van der Waals surface area contributed by atoms with Gasteiger partial charge >= 0.3 is 11.9 Å². The van der Waals surface area contributed by atoms with E-state index in [2.05, 4.69) is 0 Å². The van der Waals surface area contributed by atoms with Crippen LogP contribution < -0.4 is 4.74 Å². The van der Waals surface area contributed by atoms with Crippen molar-refractivity contribution in [3.8, 4) is 5.75 Å². The van der Waals surface area contributed by atoms with E-state index in [1.807, 2.05) is 24.3 Å². The Morgan fingerprint density at radius 2 is 1.88 bits per heavy atom. The van der Waals surface area contributed by atoms with Gasteiger partial charge in [0.25, 0.3) is 0 Å². The van der Waals surface area contributed by atoms with E-state index in [1.165, 1.54) is 20.0 Å². The number of esters is 2. The van der Waals surface area contributed by atoms with Gasteiger partial charge in [0.1, 0.15) is 11.4 Å². The van der Waals surface area contributed by atoms with Crippen LogP contribution in [0.5, 0.6) is 5.75 Å². The summed E-state index contributed by atoms with van der Waals surface area (Å²) >= 11 is 0. The Labute approximate surface area is 149 Å². The van der Waals surface area contributed by atoms with E-state index in [0.29, 0.717) is 18.9 Å². The molecular formula is C20H28O5. The summed E-state index contributed by atoms with van der Waals surface area (Å²) < 4.78 is 16.1. The summed E-state index contributed by atoms with van der Waals surface area (Å²) in [6.45, 7) is 6.11. The SMILES string of the molecule is COC(=O)[C@H](CC(=O)OC(C)(C)C)Cc1ccccc1OCC1CC1. The average Bonchev–Trinajstić information content (AvgIpc) is 3.35. The predicted octanol–water partition coefficient (Wildman–Crippen LogP) is 3.54. The van der Waals surface area contributed by atoms with Gasteiger partial charge in [-0.15, -0.1) is 0 Å². The number of hydrogen-bond acceptors (Lipinski definition) is 5. The van der Waals surface area contributed by atoms with E-state index in [-0.39, 0.29) is 6.42 Å². The summed E-state index contributed by atoms with van der Waals surface area (Å²) in [4.78, 5) is 24.3. The van der Waals surface area contributed by atoms with Crippen LogP contribution in [0.1, 0.15) is 45.6 Å². The Morgan fingerprint density at radius 1 is 1.20 bits per heavy atom. The van der Waals surface area contributed by atoms with E-state index >= 15 is 0 Å². The molecule has 1 saturated carbocycles. The number of carbonyl (C=O) groups excluding carboxylic acids is 2. The lowest BCUT2D eigenvalue weighted by atomic mass is 9.95. The van der Waals surface area contributed by atoms with Gasteiger partial charge in [0.05, 0.1) is 26.1 Å². The highest BCUT2D eigenvalue weighted by molar-refractivity contribution is 5.80. The van der Waals surface area contributed by atoms with Gasteiger partial charge in [-0.3, -0.25) is 9.59 Å². The van der Waals surface area contributed by atoms with Crippen molar-refractivity contribution in [2.75, 3.05) is 13.7 Å². The van der Waals surface area contributed by atoms with Gasteiger partial charge in [-0.1, -0.05) is 18.2 Å². The molecule has 0 heterocycles. The van der Waals surface area contributed by atoms with Crippen molar-refractivity contribution in [1.29, 1.82) is 0 Å². The van der Waals surface area contributed by atoms with Crippen molar-refractivity contribution in [2.24, 2.45) is 11.8 Å².